The maximum absolute atomic E-state index is 14.3. The fourth-order valence-corrected chi connectivity index (χ4v) is 2.59. The number of morpholine rings is 1. The summed E-state index contributed by atoms with van der Waals surface area (Å²) in [6.07, 6.45) is 0. The van der Waals surface area contributed by atoms with E-state index < -0.39 is 0 Å². The van der Waals surface area contributed by atoms with E-state index in [4.69, 9.17) is 10.5 Å². The van der Waals surface area contributed by atoms with E-state index in [0.29, 0.717) is 44.5 Å². The van der Waals surface area contributed by atoms with Gasteiger partial charge in [-0.25, -0.2) is 9.38 Å². The first-order chi connectivity index (χ1) is 11.7. The topological polar surface area (TPSA) is 62.9 Å². The maximum atomic E-state index is 14.3. The van der Waals surface area contributed by atoms with E-state index >= 15 is 0 Å². The van der Waals surface area contributed by atoms with Crippen molar-refractivity contribution in [2.45, 2.75) is 6.54 Å². The molecule has 0 aromatic heterocycles. The summed E-state index contributed by atoms with van der Waals surface area (Å²) in [6, 6.07) is 14.8. The van der Waals surface area contributed by atoms with Gasteiger partial charge in [-0.3, -0.25) is 0 Å². The van der Waals surface area contributed by atoms with Crippen molar-refractivity contribution < 1.29 is 9.13 Å². The second-order valence-electron chi connectivity index (χ2n) is 5.58. The van der Waals surface area contributed by atoms with Crippen LogP contribution in [0.1, 0.15) is 5.56 Å². The van der Waals surface area contributed by atoms with Crippen molar-refractivity contribution in [3.63, 3.8) is 0 Å². The molecule has 3 rings (SSSR count). The lowest BCUT2D eigenvalue weighted by Crippen LogP contribution is -2.36. The number of benzene rings is 2. The van der Waals surface area contributed by atoms with Gasteiger partial charge in [-0.05, 0) is 29.8 Å². The second kappa shape index (κ2) is 9.57. The summed E-state index contributed by atoms with van der Waals surface area (Å²) < 4.78 is 19.6. The van der Waals surface area contributed by atoms with Crippen molar-refractivity contribution in [3.8, 4) is 0 Å². The minimum absolute atomic E-state index is 0. The van der Waals surface area contributed by atoms with E-state index in [9.17, 15) is 4.39 Å². The van der Waals surface area contributed by atoms with Crippen LogP contribution in [0.3, 0.4) is 0 Å². The molecule has 2 aromatic carbocycles. The Morgan fingerprint density at radius 1 is 1.16 bits per heavy atom. The monoisotopic (exact) mass is 456 g/mol. The van der Waals surface area contributed by atoms with Crippen LogP contribution in [-0.2, 0) is 11.3 Å². The van der Waals surface area contributed by atoms with Gasteiger partial charge >= 0.3 is 0 Å². The number of guanidine groups is 1. The normalized spacial score (nSPS) is 14.8. The summed E-state index contributed by atoms with van der Waals surface area (Å²) in [7, 11) is 0. The molecule has 0 unspecified atom stereocenters. The molecule has 0 atom stereocenters. The highest BCUT2D eigenvalue weighted by atomic mass is 127. The summed E-state index contributed by atoms with van der Waals surface area (Å²) in [4.78, 5) is 6.25. The lowest BCUT2D eigenvalue weighted by atomic mass is 10.1. The minimum Gasteiger partial charge on any atom is -0.378 e. The minimum atomic E-state index is -0.237. The Hall–Kier alpha value is -1.87. The van der Waals surface area contributed by atoms with Crippen molar-refractivity contribution in [1.82, 2.24) is 0 Å². The third-order valence-electron chi connectivity index (χ3n) is 3.84. The first-order valence-electron chi connectivity index (χ1n) is 7.95. The molecule has 0 radical (unpaired) electrons. The Morgan fingerprint density at radius 2 is 1.88 bits per heavy atom. The van der Waals surface area contributed by atoms with Crippen LogP contribution in [0.4, 0.5) is 15.8 Å². The highest BCUT2D eigenvalue weighted by molar-refractivity contribution is 14.0. The fraction of sp³-hybridized carbons (Fsp3) is 0.278. The molecule has 0 saturated carbocycles. The lowest BCUT2D eigenvalue weighted by Gasteiger charge is -2.29. The van der Waals surface area contributed by atoms with Gasteiger partial charge in [-0.1, -0.05) is 24.3 Å². The number of nitrogens with zero attached hydrogens (tertiary/aromatic N) is 2. The van der Waals surface area contributed by atoms with E-state index in [0.717, 1.165) is 11.3 Å². The molecule has 1 saturated heterocycles. The molecule has 134 valence electrons. The summed E-state index contributed by atoms with van der Waals surface area (Å²) in [5.41, 5.74) is 8.12. The van der Waals surface area contributed by atoms with Crippen LogP contribution in [-0.4, -0.2) is 32.3 Å². The molecular formula is C18H22FIN4O. The van der Waals surface area contributed by atoms with E-state index in [-0.39, 0.29) is 29.8 Å². The van der Waals surface area contributed by atoms with E-state index in [2.05, 4.69) is 10.3 Å². The van der Waals surface area contributed by atoms with Gasteiger partial charge in [0.2, 0.25) is 0 Å². The summed E-state index contributed by atoms with van der Waals surface area (Å²) >= 11 is 0. The SMILES string of the molecule is I.NC(=NCc1ccc(N2CCOCC2)c(F)c1)Nc1ccccc1. The highest BCUT2D eigenvalue weighted by Gasteiger charge is 2.15. The number of hydrogen-bond acceptors (Lipinski definition) is 3. The third-order valence-corrected chi connectivity index (χ3v) is 3.84. The fourth-order valence-electron chi connectivity index (χ4n) is 2.59. The van der Waals surface area contributed by atoms with Crippen LogP contribution in [0.2, 0.25) is 0 Å². The summed E-state index contributed by atoms with van der Waals surface area (Å²) in [5.74, 6) is 0.0676. The highest BCUT2D eigenvalue weighted by Crippen LogP contribution is 2.22. The number of para-hydroxylation sites is 1. The molecular weight excluding hydrogens is 434 g/mol. The number of halogens is 2. The lowest BCUT2D eigenvalue weighted by molar-refractivity contribution is 0.122. The molecule has 1 aliphatic heterocycles. The van der Waals surface area contributed by atoms with E-state index in [1.807, 2.05) is 41.3 Å². The zero-order valence-electron chi connectivity index (χ0n) is 13.8. The van der Waals surface area contributed by atoms with Crippen molar-refractivity contribution in [2.75, 3.05) is 36.5 Å². The standard InChI is InChI=1S/C18H21FN4O.HI/c19-16-12-14(6-7-17(16)23-8-10-24-11-9-23)13-21-18(20)22-15-4-2-1-3-5-15;/h1-7,12H,8-11,13H2,(H3,20,21,22);1H. The van der Waals surface area contributed by atoms with Gasteiger partial charge in [0, 0.05) is 18.8 Å². The van der Waals surface area contributed by atoms with Gasteiger partial charge in [0.1, 0.15) is 5.82 Å². The molecule has 5 nitrogen and oxygen atoms in total. The Labute approximate surface area is 164 Å². The zero-order valence-corrected chi connectivity index (χ0v) is 16.2. The number of ether oxygens (including phenoxy) is 1. The van der Waals surface area contributed by atoms with Crippen LogP contribution >= 0.6 is 24.0 Å². The smallest absolute Gasteiger partial charge is 0.193 e. The Kier molecular flexibility index (Phi) is 7.45. The third kappa shape index (κ3) is 5.57. The predicted octanol–water partition coefficient (Wildman–Crippen LogP) is 3.21. The van der Waals surface area contributed by atoms with Crippen LogP contribution in [0, 0.1) is 5.82 Å². The first kappa shape index (κ1) is 19.5. The second-order valence-corrected chi connectivity index (χ2v) is 5.58. The van der Waals surface area contributed by atoms with Crippen molar-refractivity contribution >= 4 is 41.3 Å². The molecule has 1 fully saturated rings. The molecule has 2 aromatic rings. The summed E-state index contributed by atoms with van der Waals surface area (Å²) in [5, 5.41) is 3.00. The van der Waals surface area contributed by atoms with Crippen molar-refractivity contribution in [1.29, 1.82) is 0 Å². The molecule has 25 heavy (non-hydrogen) atoms. The average Bonchev–Trinajstić information content (AvgIpc) is 2.62. The van der Waals surface area contributed by atoms with Crippen LogP contribution in [0.5, 0.6) is 0 Å². The molecule has 0 amide bonds. The molecule has 0 spiro atoms. The number of nitrogens with one attached hydrogen (secondary N) is 1. The number of aliphatic imine (C=N–C) groups is 1. The first-order valence-corrected chi connectivity index (χ1v) is 7.95. The van der Waals surface area contributed by atoms with Gasteiger partial charge < -0.3 is 20.7 Å². The molecule has 1 heterocycles. The molecule has 3 N–H and O–H groups in total. The van der Waals surface area contributed by atoms with Gasteiger partial charge in [0.05, 0.1) is 25.4 Å². The predicted molar refractivity (Wildman–Crippen MR) is 110 cm³/mol. The Bertz CT molecular complexity index is 705. The molecule has 7 heteroatoms. The van der Waals surface area contributed by atoms with Gasteiger partial charge in [0.15, 0.2) is 5.96 Å². The average molecular weight is 456 g/mol. The van der Waals surface area contributed by atoms with Crippen LogP contribution in [0.15, 0.2) is 53.5 Å². The Balaban J connectivity index is 0.00000225. The van der Waals surface area contributed by atoms with Gasteiger partial charge in [-0.2, -0.15) is 0 Å². The Morgan fingerprint density at radius 3 is 2.56 bits per heavy atom. The van der Waals surface area contributed by atoms with Crippen LogP contribution in [0.25, 0.3) is 0 Å². The summed E-state index contributed by atoms with van der Waals surface area (Å²) in [6.45, 7) is 3.01. The molecule has 1 aliphatic rings. The van der Waals surface area contributed by atoms with Crippen LogP contribution < -0.4 is 16.0 Å². The zero-order chi connectivity index (χ0) is 16.8. The number of rotatable bonds is 4. The molecule has 0 bridgehead atoms. The number of nitrogens with two attached hydrogens (primary N) is 1. The maximum Gasteiger partial charge on any atom is 0.193 e. The largest absolute Gasteiger partial charge is 0.378 e. The van der Waals surface area contributed by atoms with E-state index in [1.54, 1.807) is 6.07 Å². The van der Waals surface area contributed by atoms with Gasteiger partial charge in [-0.15, -0.1) is 24.0 Å². The van der Waals surface area contributed by atoms with Crippen molar-refractivity contribution in [3.05, 3.63) is 59.9 Å². The van der Waals surface area contributed by atoms with E-state index in [1.165, 1.54) is 6.07 Å². The number of anilines is 2. The van der Waals surface area contributed by atoms with Crippen molar-refractivity contribution in [2.24, 2.45) is 10.7 Å². The quantitative estimate of drug-likeness (QED) is 0.422. The number of hydrogen-bond donors (Lipinski definition) is 2. The molecule has 0 aliphatic carbocycles. The van der Waals surface area contributed by atoms with Gasteiger partial charge in [0.25, 0.3) is 0 Å².